The summed E-state index contributed by atoms with van der Waals surface area (Å²) in [7, 11) is -4.00. The molecule has 0 saturated heterocycles. The van der Waals surface area contributed by atoms with Crippen LogP contribution < -0.4 is 5.32 Å². The van der Waals surface area contributed by atoms with Crippen molar-refractivity contribution in [3.63, 3.8) is 0 Å². The molecular weight excluding hydrogens is 410 g/mol. The minimum atomic E-state index is -4.00. The summed E-state index contributed by atoms with van der Waals surface area (Å²) in [5, 5.41) is 22.5. The number of carboxylic acid groups (broad SMARTS) is 1. The van der Waals surface area contributed by atoms with Gasteiger partial charge in [0.2, 0.25) is 5.91 Å². The number of rotatable bonds is 14. The van der Waals surface area contributed by atoms with Crippen molar-refractivity contribution in [3.05, 3.63) is 0 Å². The molecule has 0 unspecified atom stereocenters. The highest BCUT2D eigenvalue weighted by molar-refractivity contribution is 7.86. The fourth-order valence-corrected chi connectivity index (χ4v) is 3.26. The molecule has 0 saturated carbocycles. The number of aliphatic carboxylic acids is 1. The predicted molar refractivity (Wildman–Crippen MR) is 102 cm³/mol. The number of ether oxygens (including phenoxy) is 2. The average Bonchev–Trinajstić information content (AvgIpc) is 2.61. The Labute approximate surface area is 170 Å². The van der Waals surface area contributed by atoms with Crippen molar-refractivity contribution >= 4 is 28.1 Å². The molecule has 0 aliphatic heterocycles. The molecule has 0 aliphatic rings. The zero-order valence-corrected chi connectivity index (χ0v) is 18.0. The van der Waals surface area contributed by atoms with Gasteiger partial charge in [0, 0.05) is 25.3 Å². The molecule has 0 aromatic rings. The first-order chi connectivity index (χ1) is 13.3. The van der Waals surface area contributed by atoms with Crippen molar-refractivity contribution in [1.82, 2.24) is 5.32 Å². The largest absolute Gasteiger partial charge is 0.508 e. The van der Waals surface area contributed by atoms with Crippen LogP contribution in [-0.4, -0.2) is 74.4 Å². The molecule has 0 spiro atoms. The summed E-state index contributed by atoms with van der Waals surface area (Å²) in [5.74, 6) is -2.29. The molecule has 12 heteroatoms. The van der Waals surface area contributed by atoms with Gasteiger partial charge in [0.1, 0.15) is 0 Å². The van der Waals surface area contributed by atoms with Gasteiger partial charge in [0.25, 0.3) is 10.1 Å². The highest BCUT2D eigenvalue weighted by Crippen LogP contribution is 2.35. The maximum atomic E-state index is 12.0. The summed E-state index contributed by atoms with van der Waals surface area (Å²) < 4.78 is 38.2. The number of aliphatic hydroxyl groups is 1. The molecule has 0 aliphatic carbocycles. The van der Waals surface area contributed by atoms with E-state index in [4.69, 9.17) is 8.92 Å². The lowest BCUT2D eigenvalue weighted by Gasteiger charge is -2.38. The van der Waals surface area contributed by atoms with E-state index in [1.54, 1.807) is 6.92 Å². The van der Waals surface area contributed by atoms with E-state index in [1.807, 2.05) is 0 Å². The van der Waals surface area contributed by atoms with Crippen molar-refractivity contribution in [1.29, 1.82) is 0 Å². The van der Waals surface area contributed by atoms with E-state index in [0.717, 1.165) is 0 Å². The number of hydrogen-bond donors (Lipinski definition) is 3. The Kier molecular flexibility index (Phi) is 11.1. The minimum Gasteiger partial charge on any atom is -0.479 e. The molecule has 29 heavy (non-hydrogen) atoms. The molecule has 1 amide bonds. The monoisotopic (exact) mass is 441 g/mol. The van der Waals surface area contributed by atoms with Crippen LogP contribution in [0.2, 0.25) is 0 Å². The van der Waals surface area contributed by atoms with Crippen molar-refractivity contribution in [2.75, 3.05) is 32.1 Å². The smallest absolute Gasteiger partial charge is 0.479 e. The van der Waals surface area contributed by atoms with Crippen LogP contribution >= 0.6 is 0 Å². The standard InChI is InChI=1S/C17H31NO10S/c1-5-9-26-15(22)27-10-7-17(23,14(20)21)16(3,4)12-28-29(24,25)11-6-8-18-13(2)19/h23H,5-12H2,1-4H3,(H,18,19)(H,20,21)/t17-/m0/s1. The van der Waals surface area contributed by atoms with Gasteiger partial charge in [-0.05, 0) is 12.8 Å². The summed E-state index contributed by atoms with van der Waals surface area (Å²) in [6, 6.07) is 0. The van der Waals surface area contributed by atoms with Crippen LogP contribution in [0.15, 0.2) is 0 Å². The first-order valence-corrected chi connectivity index (χ1v) is 10.7. The first-order valence-electron chi connectivity index (χ1n) is 9.14. The van der Waals surface area contributed by atoms with E-state index >= 15 is 0 Å². The third-order valence-electron chi connectivity index (χ3n) is 4.13. The Balaban J connectivity index is 4.83. The van der Waals surface area contributed by atoms with Crippen molar-refractivity contribution in [2.24, 2.45) is 5.41 Å². The van der Waals surface area contributed by atoms with Gasteiger partial charge in [-0.15, -0.1) is 0 Å². The van der Waals surface area contributed by atoms with Crippen molar-refractivity contribution < 1.29 is 46.7 Å². The molecule has 0 aromatic carbocycles. The van der Waals surface area contributed by atoms with E-state index < -0.39 is 52.9 Å². The molecule has 0 bridgehead atoms. The summed E-state index contributed by atoms with van der Waals surface area (Å²) >= 11 is 0. The fourth-order valence-electron chi connectivity index (χ4n) is 2.17. The highest BCUT2D eigenvalue weighted by Gasteiger charge is 2.51. The third kappa shape index (κ3) is 9.90. The Hall–Kier alpha value is -1.92. The van der Waals surface area contributed by atoms with Crippen LogP contribution in [0.3, 0.4) is 0 Å². The van der Waals surface area contributed by atoms with Crippen molar-refractivity contribution in [3.8, 4) is 0 Å². The van der Waals surface area contributed by atoms with Gasteiger partial charge in [-0.2, -0.15) is 8.42 Å². The average molecular weight is 441 g/mol. The molecule has 0 aromatic heterocycles. The van der Waals surface area contributed by atoms with Crippen LogP contribution in [0, 0.1) is 5.41 Å². The number of amides is 1. The molecular formula is C17H31NO10S. The molecule has 0 radical (unpaired) electrons. The molecule has 11 nitrogen and oxygen atoms in total. The van der Waals surface area contributed by atoms with Crippen LogP contribution in [0.5, 0.6) is 0 Å². The molecule has 0 rings (SSSR count). The normalized spacial score (nSPS) is 14.0. The van der Waals surface area contributed by atoms with Crippen LogP contribution in [0.1, 0.15) is 47.0 Å². The lowest BCUT2D eigenvalue weighted by molar-refractivity contribution is -0.178. The van der Waals surface area contributed by atoms with Crippen LogP contribution in [-0.2, 0) is 33.4 Å². The molecule has 1 atom stereocenters. The van der Waals surface area contributed by atoms with E-state index in [9.17, 15) is 33.0 Å². The topological polar surface area (TPSA) is 166 Å². The van der Waals surface area contributed by atoms with E-state index in [0.29, 0.717) is 6.42 Å². The van der Waals surface area contributed by atoms with Gasteiger partial charge in [-0.25, -0.2) is 9.59 Å². The summed E-state index contributed by atoms with van der Waals surface area (Å²) in [5.41, 5.74) is -3.97. The second kappa shape index (κ2) is 11.9. The molecule has 0 heterocycles. The highest BCUT2D eigenvalue weighted by atomic mass is 32.2. The van der Waals surface area contributed by atoms with Gasteiger partial charge >= 0.3 is 12.1 Å². The third-order valence-corrected chi connectivity index (χ3v) is 5.39. The van der Waals surface area contributed by atoms with E-state index in [-0.39, 0.29) is 31.2 Å². The Bertz CT molecular complexity index is 661. The molecule has 170 valence electrons. The van der Waals surface area contributed by atoms with Crippen LogP contribution in [0.4, 0.5) is 4.79 Å². The second-order valence-corrected chi connectivity index (χ2v) is 8.87. The van der Waals surface area contributed by atoms with Gasteiger partial charge in [-0.1, -0.05) is 20.8 Å². The van der Waals surface area contributed by atoms with E-state index in [1.165, 1.54) is 20.8 Å². The predicted octanol–water partition coefficient (Wildman–Crippen LogP) is 0.654. The molecule has 0 fully saturated rings. The fraction of sp³-hybridized carbons (Fsp3) is 0.824. The quantitative estimate of drug-likeness (QED) is 0.198. The van der Waals surface area contributed by atoms with Crippen LogP contribution in [0.25, 0.3) is 0 Å². The number of carboxylic acids is 1. The van der Waals surface area contributed by atoms with E-state index in [2.05, 4.69) is 10.1 Å². The summed E-state index contributed by atoms with van der Waals surface area (Å²) in [4.78, 5) is 33.7. The number of carbonyl (C=O) groups is 3. The first kappa shape index (κ1) is 27.1. The van der Waals surface area contributed by atoms with Gasteiger partial charge < -0.3 is 25.0 Å². The minimum absolute atomic E-state index is 0.110. The van der Waals surface area contributed by atoms with Crippen molar-refractivity contribution in [2.45, 2.75) is 52.6 Å². The Morgan fingerprint density at radius 3 is 2.21 bits per heavy atom. The second-order valence-electron chi connectivity index (χ2n) is 7.11. The lowest BCUT2D eigenvalue weighted by Crippen LogP contribution is -2.54. The molecule has 3 N–H and O–H groups in total. The number of hydrogen-bond acceptors (Lipinski definition) is 9. The Morgan fingerprint density at radius 1 is 1.10 bits per heavy atom. The summed E-state index contributed by atoms with van der Waals surface area (Å²) in [6.07, 6.45) is -0.796. The SMILES string of the molecule is CCCOC(=O)OCC[C@](O)(C(=O)O)C(C)(C)COS(=O)(=O)CCCNC(C)=O. The number of carbonyl (C=O) groups excluding carboxylic acids is 2. The van der Waals surface area contributed by atoms with Gasteiger partial charge in [0.05, 0.1) is 25.6 Å². The maximum absolute atomic E-state index is 12.0. The maximum Gasteiger partial charge on any atom is 0.508 e. The van der Waals surface area contributed by atoms with Gasteiger partial charge in [-0.3, -0.25) is 8.98 Å². The zero-order chi connectivity index (χ0) is 22.7. The lowest BCUT2D eigenvalue weighted by atomic mass is 9.73. The zero-order valence-electron chi connectivity index (χ0n) is 17.2. The Morgan fingerprint density at radius 2 is 1.69 bits per heavy atom. The van der Waals surface area contributed by atoms with Gasteiger partial charge in [0.15, 0.2) is 5.60 Å². The summed E-state index contributed by atoms with van der Waals surface area (Å²) in [6.45, 7) is 4.96. The number of nitrogens with one attached hydrogen (secondary N) is 1.